The zero-order valence-electron chi connectivity index (χ0n) is 15.9. The lowest BCUT2D eigenvalue weighted by Crippen LogP contribution is -2.37. The molecule has 0 unspecified atom stereocenters. The van der Waals surface area contributed by atoms with Gasteiger partial charge in [0.15, 0.2) is 0 Å². The first-order valence-corrected chi connectivity index (χ1v) is 9.53. The zero-order valence-corrected chi connectivity index (χ0v) is 15.9. The van der Waals surface area contributed by atoms with Crippen molar-refractivity contribution in [1.29, 1.82) is 0 Å². The zero-order chi connectivity index (χ0) is 18.7. The third-order valence-corrected chi connectivity index (χ3v) is 5.25. The lowest BCUT2D eigenvalue weighted by atomic mass is 9.94. The summed E-state index contributed by atoms with van der Waals surface area (Å²) in [4.78, 5) is 27.6. The van der Waals surface area contributed by atoms with E-state index in [2.05, 4.69) is 0 Å². The smallest absolute Gasteiger partial charge is 0.340 e. The summed E-state index contributed by atoms with van der Waals surface area (Å²) in [6.45, 7) is 5.98. The van der Waals surface area contributed by atoms with Crippen LogP contribution in [-0.4, -0.2) is 29.4 Å². The van der Waals surface area contributed by atoms with Crippen molar-refractivity contribution < 1.29 is 14.3 Å². The van der Waals surface area contributed by atoms with Gasteiger partial charge in [0.05, 0.1) is 17.8 Å². The standard InChI is InChI=1S/C22H27NO3/c1-4-26-22(25)20-16(3)23(18-8-6-5-7-9-18)21(24)19(20)14-17-12-10-15(2)11-13-17/h10-14,18H,4-9H2,1-3H3/b19-14-. The molecule has 0 spiro atoms. The maximum Gasteiger partial charge on any atom is 0.340 e. The van der Waals surface area contributed by atoms with Crippen LogP contribution in [-0.2, 0) is 14.3 Å². The van der Waals surface area contributed by atoms with Crippen LogP contribution in [0.3, 0.4) is 0 Å². The Hall–Kier alpha value is -2.36. The summed E-state index contributed by atoms with van der Waals surface area (Å²) in [6, 6.07) is 8.13. The van der Waals surface area contributed by atoms with Crippen LogP contribution in [0.15, 0.2) is 41.1 Å². The highest BCUT2D eigenvalue weighted by molar-refractivity contribution is 6.16. The van der Waals surface area contributed by atoms with E-state index in [1.165, 1.54) is 6.42 Å². The van der Waals surface area contributed by atoms with Crippen molar-refractivity contribution >= 4 is 18.0 Å². The molecule has 3 rings (SSSR count). The molecule has 1 fully saturated rings. The number of allylic oxidation sites excluding steroid dienone is 1. The van der Waals surface area contributed by atoms with Gasteiger partial charge in [-0.25, -0.2) is 4.79 Å². The van der Waals surface area contributed by atoms with Crippen molar-refractivity contribution in [1.82, 2.24) is 4.90 Å². The Balaban J connectivity index is 2.02. The second kappa shape index (κ2) is 7.90. The van der Waals surface area contributed by atoms with Crippen LogP contribution in [0, 0.1) is 6.92 Å². The monoisotopic (exact) mass is 353 g/mol. The van der Waals surface area contributed by atoms with Gasteiger partial charge in [-0.1, -0.05) is 49.1 Å². The number of amides is 1. The van der Waals surface area contributed by atoms with Crippen LogP contribution in [0.25, 0.3) is 6.08 Å². The van der Waals surface area contributed by atoms with Crippen molar-refractivity contribution in [2.45, 2.75) is 58.9 Å². The van der Waals surface area contributed by atoms with Gasteiger partial charge in [0.25, 0.3) is 5.91 Å². The van der Waals surface area contributed by atoms with E-state index >= 15 is 0 Å². The summed E-state index contributed by atoms with van der Waals surface area (Å²) in [5.41, 5.74) is 3.68. The lowest BCUT2D eigenvalue weighted by Gasteiger charge is -2.32. The Morgan fingerprint density at radius 1 is 1.15 bits per heavy atom. The molecule has 1 aliphatic carbocycles. The molecule has 1 aromatic rings. The first kappa shape index (κ1) is 18.4. The number of nitrogens with zero attached hydrogens (tertiary/aromatic N) is 1. The maximum atomic E-state index is 13.2. The molecule has 0 N–H and O–H groups in total. The highest BCUT2D eigenvalue weighted by atomic mass is 16.5. The van der Waals surface area contributed by atoms with E-state index in [1.807, 2.05) is 49.1 Å². The van der Waals surface area contributed by atoms with E-state index in [-0.39, 0.29) is 11.9 Å². The van der Waals surface area contributed by atoms with E-state index in [0.29, 0.717) is 17.8 Å². The van der Waals surface area contributed by atoms with Crippen molar-refractivity contribution in [3.8, 4) is 0 Å². The normalized spacial score (nSPS) is 20.2. The number of carbonyl (C=O) groups excluding carboxylic acids is 2. The second-order valence-electron chi connectivity index (χ2n) is 7.12. The average molecular weight is 353 g/mol. The Morgan fingerprint density at radius 3 is 2.42 bits per heavy atom. The number of benzene rings is 1. The van der Waals surface area contributed by atoms with E-state index in [9.17, 15) is 9.59 Å². The highest BCUT2D eigenvalue weighted by Crippen LogP contribution is 2.36. The number of carbonyl (C=O) groups is 2. The number of hydrogen-bond donors (Lipinski definition) is 0. The highest BCUT2D eigenvalue weighted by Gasteiger charge is 2.40. The minimum absolute atomic E-state index is 0.0713. The largest absolute Gasteiger partial charge is 0.462 e. The quantitative estimate of drug-likeness (QED) is 0.596. The SMILES string of the molecule is CCOC(=O)C1=C(C)N(C2CCCCC2)C(=O)/C1=C\c1ccc(C)cc1. The van der Waals surface area contributed by atoms with Gasteiger partial charge >= 0.3 is 5.97 Å². The van der Waals surface area contributed by atoms with Crippen molar-refractivity contribution in [3.05, 3.63) is 52.2 Å². The van der Waals surface area contributed by atoms with Gasteiger partial charge in [0.2, 0.25) is 0 Å². The Morgan fingerprint density at radius 2 is 1.81 bits per heavy atom. The van der Waals surface area contributed by atoms with Gasteiger partial charge < -0.3 is 9.64 Å². The fourth-order valence-electron chi connectivity index (χ4n) is 3.91. The van der Waals surface area contributed by atoms with Crippen LogP contribution in [0.2, 0.25) is 0 Å². The summed E-state index contributed by atoms with van der Waals surface area (Å²) in [5, 5.41) is 0. The molecule has 1 saturated carbocycles. The molecule has 4 heteroatoms. The van der Waals surface area contributed by atoms with Crippen LogP contribution < -0.4 is 0 Å². The second-order valence-corrected chi connectivity index (χ2v) is 7.12. The molecule has 4 nitrogen and oxygen atoms in total. The Labute approximate surface area is 155 Å². The van der Waals surface area contributed by atoms with E-state index < -0.39 is 5.97 Å². The first-order chi connectivity index (χ1) is 12.5. The molecule has 1 amide bonds. The molecule has 1 aliphatic heterocycles. The van der Waals surface area contributed by atoms with Crippen molar-refractivity contribution in [2.75, 3.05) is 6.61 Å². The summed E-state index contributed by atoms with van der Waals surface area (Å²) in [6.07, 6.45) is 7.30. The third-order valence-electron chi connectivity index (χ3n) is 5.25. The molecule has 26 heavy (non-hydrogen) atoms. The van der Waals surface area contributed by atoms with Crippen molar-refractivity contribution in [2.24, 2.45) is 0 Å². The van der Waals surface area contributed by atoms with E-state index in [1.54, 1.807) is 6.92 Å². The lowest BCUT2D eigenvalue weighted by molar-refractivity contribution is -0.138. The van der Waals surface area contributed by atoms with Gasteiger partial charge in [-0.2, -0.15) is 0 Å². The fraction of sp³-hybridized carbons (Fsp3) is 0.455. The molecule has 0 aromatic heterocycles. The molecule has 2 aliphatic rings. The van der Waals surface area contributed by atoms with Gasteiger partial charge in [-0.15, -0.1) is 0 Å². The van der Waals surface area contributed by atoms with Gasteiger partial charge in [0.1, 0.15) is 0 Å². The maximum absolute atomic E-state index is 13.2. The molecule has 0 saturated heterocycles. The van der Waals surface area contributed by atoms with E-state index in [0.717, 1.165) is 42.5 Å². The molecular weight excluding hydrogens is 326 g/mol. The first-order valence-electron chi connectivity index (χ1n) is 9.53. The van der Waals surface area contributed by atoms with Gasteiger partial charge in [0, 0.05) is 11.7 Å². The predicted octanol–water partition coefficient (Wildman–Crippen LogP) is 4.39. The number of hydrogen-bond acceptors (Lipinski definition) is 3. The minimum atomic E-state index is -0.407. The van der Waals surface area contributed by atoms with Crippen molar-refractivity contribution in [3.63, 3.8) is 0 Å². The molecule has 138 valence electrons. The van der Waals surface area contributed by atoms with Crippen LogP contribution in [0.1, 0.15) is 57.1 Å². The predicted molar refractivity (Wildman–Crippen MR) is 102 cm³/mol. The summed E-state index contributed by atoms with van der Waals surface area (Å²) >= 11 is 0. The molecule has 0 atom stereocenters. The van der Waals surface area contributed by atoms with Gasteiger partial charge in [-0.05, 0) is 45.3 Å². The number of aryl methyl sites for hydroxylation is 1. The number of rotatable bonds is 4. The van der Waals surface area contributed by atoms with E-state index in [4.69, 9.17) is 4.74 Å². The minimum Gasteiger partial charge on any atom is -0.462 e. The summed E-state index contributed by atoms with van der Waals surface area (Å²) in [7, 11) is 0. The molecule has 1 heterocycles. The number of esters is 1. The Bertz CT molecular complexity index is 752. The molecule has 0 radical (unpaired) electrons. The topological polar surface area (TPSA) is 46.6 Å². The van der Waals surface area contributed by atoms with Crippen LogP contribution in [0.5, 0.6) is 0 Å². The van der Waals surface area contributed by atoms with Crippen LogP contribution >= 0.6 is 0 Å². The molecule has 1 aromatic carbocycles. The Kier molecular flexibility index (Phi) is 5.60. The molecule has 0 bridgehead atoms. The van der Waals surface area contributed by atoms with Crippen LogP contribution in [0.4, 0.5) is 0 Å². The fourth-order valence-corrected chi connectivity index (χ4v) is 3.91. The summed E-state index contributed by atoms with van der Waals surface area (Å²) < 4.78 is 5.25. The number of ether oxygens (including phenoxy) is 1. The average Bonchev–Trinajstić information content (AvgIpc) is 2.88. The molecular formula is C22H27NO3. The van der Waals surface area contributed by atoms with Gasteiger partial charge in [-0.3, -0.25) is 4.79 Å². The third kappa shape index (κ3) is 3.59. The summed E-state index contributed by atoms with van der Waals surface area (Å²) in [5.74, 6) is -0.479.